The minimum atomic E-state index is -1.52. The number of fused-ring (bicyclic) bond motifs is 2. The lowest BCUT2D eigenvalue weighted by atomic mass is 9.86. The summed E-state index contributed by atoms with van der Waals surface area (Å²) in [5, 5.41) is 13.5. The van der Waals surface area contributed by atoms with E-state index in [0.717, 1.165) is 41.7 Å². The van der Waals surface area contributed by atoms with Gasteiger partial charge in [0.1, 0.15) is 11.3 Å². The molecule has 1 atom stereocenters. The zero-order chi connectivity index (χ0) is 26.9. The van der Waals surface area contributed by atoms with E-state index in [1.54, 1.807) is 16.9 Å². The van der Waals surface area contributed by atoms with Crippen LogP contribution in [-0.2, 0) is 6.54 Å². The minimum Gasteiger partial charge on any atom is -0.351 e. The van der Waals surface area contributed by atoms with Gasteiger partial charge in [-0.3, -0.25) is 4.79 Å². The van der Waals surface area contributed by atoms with Crippen molar-refractivity contribution in [2.75, 3.05) is 18.4 Å². The highest BCUT2D eigenvalue weighted by Crippen LogP contribution is 2.33. The molecule has 0 saturated heterocycles. The van der Waals surface area contributed by atoms with Crippen molar-refractivity contribution in [1.29, 1.82) is 0 Å². The first-order valence-corrected chi connectivity index (χ1v) is 13.3. The van der Waals surface area contributed by atoms with Gasteiger partial charge in [0, 0.05) is 30.5 Å². The third kappa shape index (κ3) is 5.85. The molecule has 4 heterocycles. The van der Waals surface area contributed by atoms with Gasteiger partial charge in [-0.05, 0) is 56.9 Å². The fraction of sp³-hybridized carbons (Fsp3) is 0.500. The number of amides is 1. The molecule has 0 radical (unpaired) electrons. The molecule has 0 spiro atoms. The molecule has 1 aliphatic carbocycles. The Kier molecular flexibility index (Phi) is 7.17. The average Bonchev–Trinajstić information content (AvgIpc) is 3.24. The summed E-state index contributed by atoms with van der Waals surface area (Å²) in [6.45, 7) is 5.55. The first-order valence-electron chi connectivity index (χ1n) is 13.3. The first-order chi connectivity index (χ1) is 18.1. The molecular weight excluding hydrogens is 488 g/mol. The SMILES string of the molecule is C[C@@H]1C=C(c2ccn3ncc(C(=O)NCC(C)(C)F)c3c2)c2cnc(NCC3(F)CCCCC3)nc2CN1. The van der Waals surface area contributed by atoms with Crippen LogP contribution in [0.4, 0.5) is 14.7 Å². The fourth-order valence-corrected chi connectivity index (χ4v) is 5.08. The van der Waals surface area contributed by atoms with Crippen LogP contribution >= 0.6 is 0 Å². The molecule has 10 heteroatoms. The van der Waals surface area contributed by atoms with Crippen LogP contribution in [0.1, 0.15) is 80.1 Å². The maximum atomic E-state index is 15.1. The number of alkyl halides is 2. The van der Waals surface area contributed by atoms with Crippen LogP contribution in [0.25, 0.3) is 11.1 Å². The van der Waals surface area contributed by atoms with E-state index >= 15 is 4.39 Å². The van der Waals surface area contributed by atoms with Crippen molar-refractivity contribution in [3.63, 3.8) is 0 Å². The largest absolute Gasteiger partial charge is 0.351 e. The van der Waals surface area contributed by atoms with Crippen molar-refractivity contribution in [1.82, 2.24) is 30.2 Å². The van der Waals surface area contributed by atoms with Gasteiger partial charge in [-0.25, -0.2) is 23.3 Å². The first kappa shape index (κ1) is 26.2. The van der Waals surface area contributed by atoms with Crippen LogP contribution in [0.5, 0.6) is 0 Å². The second-order valence-corrected chi connectivity index (χ2v) is 11.1. The molecule has 1 aliphatic heterocycles. The van der Waals surface area contributed by atoms with E-state index in [1.807, 2.05) is 12.1 Å². The van der Waals surface area contributed by atoms with Crippen molar-refractivity contribution >= 4 is 22.9 Å². The summed E-state index contributed by atoms with van der Waals surface area (Å²) < 4.78 is 30.7. The van der Waals surface area contributed by atoms with Crippen molar-refractivity contribution in [2.45, 2.75) is 76.8 Å². The second kappa shape index (κ2) is 10.4. The minimum absolute atomic E-state index is 0.0580. The quantitative estimate of drug-likeness (QED) is 0.419. The molecule has 0 unspecified atom stereocenters. The molecule has 0 bridgehead atoms. The lowest BCUT2D eigenvalue weighted by Gasteiger charge is -2.29. The Morgan fingerprint density at radius 2 is 2.05 bits per heavy atom. The Labute approximate surface area is 221 Å². The lowest BCUT2D eigenvalue weighted by molar-refractivity contribution is 0.0922. The van der Waals surface area contributed by atoms with Crippen molar-refractivity contribution in [3.8, 4) is 0 Å². The molecule has 1 saturated carbocycles. The molecule has 202 valence electrons. The molecule has 1 fully saturated rings. The molecule has 3 N–H and O–H groups in total. The number of nitrogens with zero attached hydrogens (tertiary/aromatic N) is 4. The number of halogens is 2. The molecule has 3 aromatic heterocycles. The Morgan fingerprint density at radius 3 is 2.82 bits per heavy atom. The number of hydrogen-bond donors (Lipinski definition) is 3. The molecular formula is C28H35F2N7O. The zero-order valence-corrected chi connectivity index (χ0v) is 22.2. The van der Waals surface area contributed by atoms with Gasteiger partial charge in [0.2, 0.25) is 5.95 Å². The van der Waals surface area contributed by atoms with E-state index in [9.17, 15) is 9.18 Å². The maximum absolute atomic E-state index is 15.1. The molecule has 3 aromatic rings. The van der Waals surface area contributed by atoms with Crippen LogP contribution in [0.15, 0.2) is 36.8 Å². The molecule has 8 nitrogen and oxygen atoms in total. The van der Waals surface area contributed by atoms with Crippen LogP contribution in [-0.4, -0.2) is 56.0 Å². The van der Waals surface area contributed by atoms with Crippen LogP contribution in [0.3, 0.4) is 0 Å². The van der Waals surface area contributed by atoms with Gasteiger partial charge >= 0.3 is 0 Å². The van der Waals surface area contributed by atoms with Gasteiger partial charge in [-0.1, -0.05) is 25.3 Å². The third-order valence-corrected chi connectivity index (χ3v) is 7.23. The van der Waals surface area contributed by atoms with Gasteiger partial charge in [-0.15, -0.1) is 0 Å². The predicted octanol–water partition coefficient (Wildman–Crippen LogP) is 4.61. The van der Waals surface area contributed by atoms with E-state index in [2.05, 4.69) is 39.0 Å². The lowest BCUT2D eigenvalue weighted by Crippen LogP contribution is -2.35. The number of rotatable bonds is 7. The summed E-state index contributed by atoms with van der Waals surface area (Å²) in [5.74, 6) is 0.0406. The fourth-order valence-electron chi connectivity index (χ4n) is 5.08. The van der Waals surface area contributed by atoms with E-state index in [-0.39, 0.29) is 25.0 Å². The topological polar surface area (TPSA) is 96.2 Å². The number of aromatic nitrogens is 4. The Hall–Kier alpha value is -3.40. The van der Waals surface area contributed by atoms with Gasteiger partial charge in [0.15, 0.2) is 0 Å². The summed E-state index contributed by atoms with van der Waals surface area (Å²) in [6.07, 6.45) is 11.2. The molecule has 5 rings (SSSR count). The molecule has 1 amide bonds. The highest BCUT2D eigenvalue weighted by atomic mass is 19.1. The van der Waals surface area contributed by atoms with Gasteiger partial charge in [0.25, 0.3) is 5.91 Å². The van der Waals surface area contributed by atoms with Crippen molar-refractivity contribution < 1.29 is 13.6 Å². The Morgan fingerprint density at radius 1 is 1.26 bits per heavy atom. The number of carbonyl (C=O) groups is 1. The zero-order valence-electron chi connectivity index (χ0n) is 22.2. The van der Waals surface area contributed by atoms with E-state index in [0.29, 0.717) is 36.4 Å². The van der Waals surface area contributed by atoms with E-state index < -0.39 is 11.3 Å². The number of carbonyl (C=O) groups excluding carboxylic acids is 1. The van der Waals surface area contributed by atoms with Gasteiger partial charge in [-0.2, -0.15) is 5.10 Å². The highest BCUT2D eigenvalue weighted by Gasteiger charge is 2.32. The number of anilines is 1. The molecule has 0 aromatic carbocycles. The third-order valence-electron chi connectivity index (χ3n) is 7.23. The van der Waals surface area contributed by atoms with Crippen molar-refractivity contribution in [2.24, 2.45) is 0 Å². The van der Waals surface area contributed by atoms with Gasteiger partial charge < -0.3 is 16.0 Å². The summed E-state index contributed by atoms with van der Waals surface area (Å²) in [5.41, 5.74) is 1.75. The maximum Gasteiger partial charge on any atom is 0.255 e. The molecule has 2 aliphatic rings. The van der Waals surface area contributed by atoms with Crippen LogP contribution in [0, 0.1) is 0 Å². The van der Waals surface area contributed by atoms with Crippen LogP contribution in [0.2, 0.25) is 0 Å². The number of nitrogens with one attached hydrogen (secondary N) is 3. The highest BCUT2D eigenvalue weighted by molar-refractivity contribution is 6.01. The van der Waals surface area contributed by atoms with E-state index in [1.165, 1.54) is 20.0 Å². The van der Waals surface area contributed by atoms with Crippen molar-refractivity contribution in [3.05, 3.63) is 59.2 Å². The summed E-state index contributed by atoms with van der Waals surface area (Å²) in [7, 11) is 0. The number of pyridine rings is 1. The number of hydrogen-bond acceptors (Lipinski definition) is 6. The predicted molar refractivity (Wildman–Crippen MR) is 144 cm³/mol. The summed E-state index contributed by atoms with van der Waals surface area (Å²) >= 11 is 0. The summed E-state index contributed by atoms with van der Waals surface area (Å²) in [6, 6.07) is 3.89. The second-order valence-electron chi connectivity index (χ2n) is 11.1. The van der Waals surface area contributed by atoms with Crippen LogP contribution < -0.4 is 16.0 Å². The average molecular weight is 524 g/mol. The smallest absolute Gasteiger partial charge is 0.255 e. The normalized spacial score (nSPS) is 19.4. The Balaban J connectivity index is 1.42. The Bertz CT molecular complexity index is 1350. The molecule has 38 heavy (non-hydrogen) atoms. The summed E-state index contributed by atoms with van der Waals surface area (Å²) in [4.78, 5) is 22.0. The van der Waals surface area contributed by atoms with Gasteiger partial charge in [0.05, 0.1) is 36.1 Å². The monoisotopic (exact) mass is 523 g/mol. The standard InChI is InChI=1S/C28H35F2N7O/c1-18-11-20(19-7-10-37-24(12-19)22(14-35-37)25(38)33-16-27(2,3)29)21-13-32-26(36-23(21)15-31-18)34-17-28(30)8-5-4-6-9-28/h7,10-14,18,31H,4-6,8-9,15-17H2,1-3H3,(H,33,38)(H,32,34,36)/t18-/m1/s1. The van der Waals surface area contributed by atoms with E-state index in [4.69, 9.17) is 4.98 Å².